The van der Waals surface area contributed by atoms with Crippen LogP contribution in [0.3, 0.4) is 0 Å². The number of β-amino-alcohol motifs (C(OH)–C–C–N with tert-alkyl or cyclic N) is 1. The van der Waals surface area contributed by atoms with E-state index in [1.54, 1.807) is 23.7 Å². The van der Waals surface area contributed by atoms with Crippen molar-refractivity contribution in [1.29, 1.82) is 0 Å². The van der Waals surface area contributed by atoms with Gasteiger partial charge in [0.15, 0.2) is 10.9 Å². The number of fused-ring (bicyclic) bond motifs is 1. The molecule has 0 spiro atoms. The van der Waals surface area contributed by atoms with Crippen LogP contribution in [0.15, 0.2) is 36.7 Å². The van der Waals surface area contributed by atoms with E-state index < -0.39 is 0 Å². The van der Waals surface area contributed by atoms with E-state index in [2.05, 4.69) is 26.3 Å². The molecule has 1 aliphatic heterocycles. The predicted molar refractivity (Wildman–Crippen MR) is 106 cm³/mol. The van der Waals surface area contributed by atoms with Crippen LogP contribution in [-0.2, 0) is 0 Å². The summed E-state index contributed by atoms with van der Waals surface area (Å²) < 4.78 is 7.30. The summed E-state index contributed by atoms with van der Waals surface area (Å²) in [6.07, 6.45) is 5.73. The van der Waals surface area contributed by atoms with Gasteiger partial charge in [0.2, 0.25) is 0 Å². The summed E-state index contributed by atoms with van der Waals surface area (Å²) >= 11 is 1.68. The monoisotopic (exact) mass is 383 g/mol. The van der Waals surface area contributed by atoms with Crippen LogP contribution in [0.4, 0.5) is 10.9 Å². The smallest absolute Gasteiger partial charge is 0.257 e. The highest BCUT2D eigenvalue weighted by Crippen LogP contribution is 2.34. The molecule has 2 aliphatic rings. The molecule has 5 rings (SSSR count). The van der Waals surface area contributed by atoms with Gasteiger partial charge in [0.25, 0.3) is 5.88 Å². The van der Waals surface area contributed by atoms with Crippen molar-refractivity contribution in [3.63, 3.8) is 0 Å². The summed E-state index contributed by atoms with van der Waals surface area (Å²) in [4.78, 5) is 15.5. The SMILES string of the molecule is O[C@@H]1CCN(c2nccnc2OC2CC(Nc3nc4ccccc4s3)C2)C1. The maximum absolute atomic E-state index is 9.77. The highest BCUT2D eigenvalue weighted by atomic mass is 32.1. The topological polar surface area (TPSA) is 83.4 Å². The van der Waals surface area contributed by atoms with Crippen LogP contribution < -0.4 is 15.0 Å². The van der Waals surface area contributed by atoms with Crippen molar-refractivity contribution in [3.8, 4) is 5.88 Å². The second-order valence-corrected chi connectivity index (χ2v) is 8.14. The Kier molecular flexibility index (Phi) is 4.29. The number of anilines is 2. The van der Waals surface area contributed by atoms with Crippen molar-refractivity contribution in [2.24, 2.45) is 0 Å². The lowest BCUT2D eigenvalue weighted by atomic mass is 9.89. The van der Waals surface area contributed by atoms with Crippen LogP contribution in [0.25, 0.3) is 10.2 Å². The molecule has 3 aromatic rings. The van der Waals surface area contributed by atoms with Crippen molar-refractivity contribution in [2.45, 2.75) is 37.5 Å². The normalized spacial score (nSPS) is 24.8. The van der Waals surface area contributed by atoms with Crippen molar-refractivity contribution in [1.82, 2.24) is 15.0 Å². The molecule has 2 aromatic heterocycles. The van der Waals surface area contributed by atoms with Gasteiger partial charge in [-0.2, -0.15) is 0 Å². The minimum Gasteiger partial charge on any atom is -0.472 e. The molecule has 1 aromatic carbocycles. The molecule has 1 atom stereocenters. The Bertz CT molecular complexity index is 910. The van der Waals surface area contributed by atoms with Crippen molar-refractivity contribution >= 4 is 32.5 Å². The second-order valence-electron chi connectivity index (χ2n) is 7.11. The molecule has 8 heteroatoms. The van der Waals surface area contributed by atoms with Crippen molar-refractivity contribution in [3.05, 3.63) is 36.7 Å². The fourth-order valence-electron chi connectivity index (χ4n) is 3.60. The summed E-state index contributed by atoms with van der Waals surface area (Å²) in [6, 6.07) is 8.54. The van der Waals surface area contributed by atoms with Gasteiger partial charge in [-0.15, -0.1) is 0 Å². The second kappa shape index (κ2) is 6.94. The van der Waals surface area contributed by atoms with Gasteiger partial charge in [-0.1, -0.05) is 23.5 Å². The zero-order valence-corrected chi connectivity index (χ0v) is 15.6. The number of rotatable bonds is 5. The zero-order valence-electron chi connectivity index (χ0n) is 14.8. The number of hydrogen-bond acceptors (Lipinski definition) is 8. The number of nitrogens with zero attached hydrogens (tertiary/aromatic N) is 4. The lowest BCUT2D eigenvalue weighted by Gasteiger charge is -2.35. The molecule has 1 saturated heterocycles. The summed E-state index contributed by atoms with van der Waals surface area (Å²) in [6.45, 7) is 1.37. The molecule has 0 bridgehead atoms. The maximum atomic E-state index is 9.77. The molecular weight excluding hydrogens is 362 g/mol. The van der Waals surface area contributed by atoms with E-state index in [0.29, 0.717) is 18.5 Å². The minimum absolute atomic E-state index is 0.125. The molecule has 27 heavy (non-hydrogen) atoms. The largest absolute Gasteiger partial charge is 0.472 e. The van der Waals surface area contributed by atoms with Crippen LogP contribution in [0, 0.1) is 0 Å². The first-order chi connectivity index (χ1) is 13.2. The highest BCUT2D eigenvalue weighted by molar-refractivity contribution is 7.22. The van der Waals surface area contributed by atoms with E-state index in [1.807, 2.05) is 23.1 Å². The molecule has 7 nitrogen and oxygen atoms in total. The summed E-state index contributed by atoms with van der Waals surface area (Å²) in [7, 11) is 0. The Morgan fingerprint density at radius 2 is 2.04 bits per heavy atom. The number of nitrogens with one attached hydrogen (secondary N) is 1. The summed E-state index contributed by atoms with van der Waals surface area (Å²) in [5, 5.41) is 14.2. The fourth-order valence-corrected chi connectivity index (χ4v) is 4.54. The van der Waals surface area contributed by atoms with Crippen LogP contribution >= 0.6 is 11.3 Å². The van der Waals surface area contributed by atoms with Gasteiger partial charge in [0.1, 0.15) is 6.10 Å². The molecule has 3 heterocycles. The van der Waals surface area contributed by atoms with Gasteiger partial charge in [-0.05, 0) is 18.6 Å². The number of aliphatic hydroxyl groups is 1. The third-order valence-electron chi connectivity index (χ3n) is 5.10. The molecule has 1 saturated carbocycles. The molecule has 140 valence electrons. The van der Waals surface area contributed by atoms with E-state index in [9.17, 15) is 5.11 Å². The number of thiazole rings is 1. The fraction of sp³-hybridized carbons (Fsp3) is 0.421. The van der Waals surface area contributed by atoms with E-state index in [4.69, 9.17) is 4.74 Å². The molecule has 2 fully saturated rings. The van der Waals surface area contributed by atoms with Crippen LogP contribution in [-0.4, -0.2) is 51.4 Å². The number of hydrogen-bond donors (Lipinski definition) is 2. The Morgan fingerprint density at radius 3 is 2.85 bits per heavy atom. The first kappa shape index (κ1) is 16.7. The summed E-state index contributed by atoms with van der Waals surface area (Å²) in [5.74, 6) is 1.30. The van der Waals surface area contributed by atoms with E-state index in [-0.39, 0.29) is 12.2 Å². The van der Waals surface area contributed by atoms with Crippen LogP contribution in [0.5, 0.6) is 5.88 Å². The first-order valence-corrected chi connectivity index (χ1v) is 10.1. The van der Waals surface area contributed by atoms with E-state index in [0.717, 1.165) is 42.3 Å². The number of aliphatic hydroxyl groups excluding tert-OH is 1. The number of aromatic nitrogens is 3. The summed E-state index contributed by atoms with van der Waals surface area (Å²) in [5.41, 5.74) is 1.04. The number of para-hydroxylation sites is 1. The lowest BCUT2D eigenvalue weighted by molar-refractivity contribution is 0.103. The Balaban J connectivity index is 1.19. The van der Waals surface area contributed by atoms with Gasteiger partial charge in [-0.25, -0.2) is 15.0 Å². The molecule has 2 N–H and O–H groups in total. The van der Waals surface area contributed by atoms with Crippen LogP contribution in [0.1, 0.15) is 19.3 Å². The van der Waals surface area contributed by atoms with Crippen LogP contribution in [0.2, 0.25) is 0 Å². The Morgan fingerprint density at radius 1 is 1.19 bits per heavy atom. The van der Waals surface area contributed by atoms with Gasteiger partial charge in [0.05, 0.1) is 16.3 Å². The molecule has 0 radical (unpaired) electrons. The number of ether oxygens (including phenoxy) is 1. The Hall–Kier alpha value is -2.45. The minimum atomic E-state index is -0.300. The zero-order chi connectivity index (χ0) is 18.2. The predicted octanol–water partition coefficient (Wildman–Crippen LogP) is 2.68. The highest BCUT2D eigenvalue weighted by Gasteiger charge is 2.33. The first-order valence-electron chi connectivity index (χ1n) is 9.27. The van der Waals surface area contributed by atoms with E-state index >= 15 is 0 Å². The Labute approximate surface area is 161 Å². The lowest BCUT2D eigenvalue weighted by Crippen LogP contribution is -2.43. The molecule has 1 aliphatic carbocycles. The van der Waals surface area contributed by atoms with Gasteiger partial charge < -0.3 is 20.1 Å². The quantitative estimate of drug-likeness (QED) is 0.701. The number of benzene rings is 1. The standard InChI is InChI=1S/C19H21N5O2S/c25-13-5-8-24(11-13)17-18(21-7-6-20-17)26-14-9-12(10-14)22-19-23-15-3-1-2-4-16(15)27-19/h1-4,6-7,12-14,25H,5,8-11H2,(H,22,23)/t12?,13-,14?/m1/s1. The average Bonchev–Trinajstić information content (AvgIpc) is 3.26. The van der Waals surface area contributed by atoms with E-state index in [1.165, 1.54) is 4.70 Å². The van der Waals surface area contributed by atoms with Crippen molar-refractivity contribution < 1.29 is 9.84 Å². The molecular formula is C19H21N5O2S. The van der Waals surface area contributed by atoms with Gasteiger partial charge >= 0.3 is 0 Å². The molecule has 0 amide bonds. The van der Waals surface area contributed by atoms with Crippen molar-refractivity contribution in [2.75, 3.05) is 23.3 Å². The van der Waals surface area contributed by atoms with Gasteiger partial charge in [0, 0.05) is 44.4 Å². The molecule has 0 unspecified atom stereocenters. The van der Waals surface area contributed by atoms with Gasteiger partial charge in [-0.3, -0.25) is 0 Å². The third-order valence-corrected chi connectivity index (χ3v) is 6.07. The maximum Gasteiger partial charge on any atom is 0.257 e. The average molecular weight is 383 g/mol. The third kappa shape index (κ3) is 3.42.